The van der Waals surface area contributed by atoms with Crippen molar-refractivity contribution in [3.63, 3.8) is 0 Å². The number of carbonyl (C=O) groups excluding carboxylic acids is 3. The first-order valence-electron chi connectivity index (χ1n) is 4.24. The summed E-state index contributed by atoms with van der Waals surface area (Å²) < 4.78 is 0.637. The van der Waals surface area contributed by atoms with E-state index in [4.69, 9.17) is 11.8 Å². The van der Waals surface area contributed by atoms with Gasteiger partial charge in [0, 0.05) is 17.3 Å². The Morgan fingerprint density at radius 3 is 2.40 bits per heavy atom. The Morgan fingerprint density at radius 1 is 1.20 bits per heavy atom. The number of fused-ring (bicyclic) bond motifs is 1. The maximum Gasteiger partial charge on any atom is 0.270 e. The summed E-state index contributed by atoms with van der Waals surface area (Å²) in [6.07, 6.45) is 0.364. The second-order valence-electron chi connectivity index (χ2n) is 3.11. The van der Waals surface area contributed by atoms with E-state index in [2.05, 4.69) is 0 Å². The fraction of sp³-hybridized carbons (Fsp3) is 0.100. The van der Waals surface area contributed by atoms with Crippen LogP contribution in [0.1, 0.15) is 20.7 Å². The molecule has 0 fully saturated rings. The molecule has 0 N–H and O–H groups in total. The summed E-state index contributed by atoms with van der Waals surface area (Å²) in [5.41, 5.74) is 0.479. The fourth-order valence-electron chi connectivity index (χ4n) is 1.50. The number of rotatable bonds is 1. The van der Waals surface area contributed by atoms with Crippen molar-refractivity contribution in [1.29, 1.82) is 0 Å². The van der Waals surface area contributed by atoms with Crippen LogP contribution in [0.4, 0.5) is 0 Å². The Balaban J connectivity index is 2.62. The van der Waals surface area contributed by atoms with E-state index in [1.54, 1.807) is 12.1 Å². The van der Waals surface area contributed by atoms with Crippen LogP contribution in [-0.4, -0.2) is 28.4 Å². The van der Waals surface area contributed by atoms with E-state index in [-0.39, 0.29) is 11.1 Å². The molecule has 0 saturated heterocycles. The third-order valence-electron chi connectivity index (χ3n) is 2.26. The molecule has 5 heteroatoms. The van der Waals surface area contributed by atoms with Crippen molar-refractivity contribution in [2.45, 2.75) is 6.04 Å². The van der Waals surface area contributed by atoms with Gasteiger partial charge in [-0.05, 0) is 6.07 Å². The topological polar surface area (TPSA) is 54.5 Å². The molecule has 0 aromatic heterocycles. The molecule has 1 aliphatic heterocycles. The molecule has 0 aliphatic carbocycles. The summed E-state index contributed by atoms with van der Waals surface area (Å²) in [6, 6.07) is 5.07. The molecule has 1 aliphatic rings. The summed E-state index contributed by atoms with van der Waals surface area (Å²) in [7, 11) is 0. The standard InChI is InChI=1S/C10H6ClNO3/c11-12-8(5-13)9(14)6-3-1-2-4-7(6)10(12)15/h1-5,8H. The van der Waals surface area contributed by atoms with Crippen LogP contribution in [0, 0.1) is 0 Å². The number of aldehydes is 1. The van der Waals surface area contributed by atoms with Gasteiger partial charge in [0.25, 0.3) is 5.91 Å². The van der Waals surface area contributed by atoms with E-state index >= 15 is 0 Å². The monoisotopic (exact) mass is 223 g/mol. The quantitative estimate of drug-likeness (QED) is 0.406. The highest BCUT2D eigenvalue weighted by Crippen LogP contribution is 2.23. The van der Waals surface area contributed by atoms with Gasteiger partial charge in [0.05, 0.1) is 5.56 Å². The molecule has 1 unspecified atom stereocenters. The van der Waals surface area contributed by atoms with Gasteiger partial charge in [-0.1, -0.05) is 18.2 Å². The molecule has 76 valence electrons. The van der Waals surface area contributed by atoms with Gasteiger partial charge in [0.1, 0.15) is 0 Å². The Labute approximate surface area is 90.5 Å². The van der Waals surface area contributed by atoms with E-state index in [1.807, 2.05) is 0 Å². The number of hydrogen-bond acceptors (Lipinski definition) is 3. The molecular formula is C10H6ClNO3. The minimum atomic E-state index is -1.21. The number of amides is 1. The maximum absolute atomic E-state index is 11.7. The van der Waals surface area contributed by atoms with Crippen molar-refractivity contribution in [2.24, 2.45) is 0 Å². The highest BCUT2D eigenvalue weighted by Gasteiger charge is 2.37. The number of hydrogen-bond donors (Lipinski definition) is 0. The molecule has 0 spiro atoms. The zero-order chi connectivity index (χ0) is 11.0. The number of halogens is 1. The lowest BCUT2D eigenvalue weighted by molar-refractivity contribution is -0.109. The summed E-state index contributed by atoms with van der Waals surface area (Å²) in [6.45, 7) is 0. The number of benzene rings is 1. The van der Waals surface area contributed by atoms with Crippen LogP contribution in [0.2, 0.25) is 0 Å². The zero-order valence-electron chi connectivity index (χ0n) is 7.51. The van der Waals surface area contributed by atoms with Gasteiger partial charge in [0.15, 0.2) is 18.1 Å². The second-order valence-corrected chi connectivity index (χ2v) is 3.47. The molecule has 1 heterocycles. The molecule has 15 heavy (non-hydrogen) atoms. The first-order valence-corrected chi connectivity index (χ1v) is 4.58. The van der Waals surface area contributed by atoms with Crippen molar-refractivity contribution in [1.82, 2.24) is 4.42 Å². The number of ketones is 1. The molecule has 0 radical (unpaired) electrons. The Hall–Kier alpha value is -1.68. The summed E-state index contributed by atoms with van der Waals surface area (Å²) >= 11 is 5.59. The van der Waals surface area contributed by atoms with Crippen LogP contribution < -0.4 is 0 Å². The van der Waals surface area contributed by atoms with Gasteiger partial charge >= 0.3 is 0 Å². The molecule has 4 nitrogen and oxygen atoms in total. The van der Waals surface area contributed by atoms with E-state index in [1.165, 1.54) is 12.1 Å². The van der Waals surface area contributed by atoms with Gasteiger partial charge in [-0.3, -0.25) is 9.59 Å². The van der Waals surface area contributed by atoms with E-state index in [9.17, 15) is 14.4 Å². The number of Topliss-reactive ketones (excluding diaryl/α,β-unsaturated/α-hetero) is 1. The third-order valence-corrected chi connectivity index (χ3v) is 2.62. The molecule has 0 saturated carbocycles. The third kappa shape index (κ3) is 1.34. The molecule has 1 atom stereocenters. The number of nitrogens with zero attached hydrogens (tertiary/aromatic N) is 1. The lowest BCUT2D eigenvalue weighted by Crippen LogP contribution is -2.45. The summed E-state index contributed by atoms with van der Waals surface area (Å²) in [4.78, 5) is 33.9. The van der Waals surface area contributed by atoms with Crippen molar-refractivity contribution in [2.75, 3.05) is 0 Å². The van der Waals surface area contributed by atoms with E-state index in [0.29, 0.717) is 10.7 Å². The molecule has 0 bridgehead atoms. The Bertz CT molecular complexity index is 458. The lowest BCUT2D eigenvalue weighted by Gasteiger charge is -2.25. The summed E-state index contributed by atoms with van der Waals surface area (Å²) in [5, 5.41) is 0. The molecule has 1 amide bonds. The highest BCUT2D eigenvalue weighted by atomic mass is 35.5. The summed E-state index contributed by atoms with van der Waals surface area (Å²) in [5.74, 6) is -0.973. The van der Waals surface area contributed by atoms with E-state index < -0.39 is 17.7 Å². The van der Waals surface area contributed by atoms with Crippen LogP contribution >= 0.6 is 11.8 Å². The predicted octanol–water partition coefficient (Wildman–Crippen LogP) is 1.05. The Morgan fingerprint density at radius 2 is 1.80 bits per heavy atom. The van der Waals surface area contributed by atoms with Crippen molar-refractivity contribution >= 4 is 29.8 Å². The SMILES string of the molecule is O=CC1C(=O)c2ccccc2C(=O)N1Cl. The lowest BCUT2D eigenvalue weighted by atomic mass is 9.94. The van der Waals surface area contributed by atoms with Crippen molar-refractivity contribution in [3.8, 4) is 0 Å². The minimum absolute atomic E-state index is 0.232. The smallest absolute Gasteiger partial charge is 0.270 e. The first kappa shape index (κ1) is 9.86. The van der Waals surface area contributed by atoms with Crippen LogP contribution in [0.5, 0.6) is 0 Å². The van der Waals surface area contributed by atoms with Crippen LogP contribution in [0.3, 0.4) is 0 Å². The normalized spacial score (nSPS) is 20.1. The molecule has 2 rings (SSSR count). The average Bonchev–Trinajstić information content (AvgIpc) is 2.27. The molecule has 1 aromatic rings. The number of carbonyl (C=O) groups is 3. The van der Waals surface area contributed by atoms with Crippen molar-refractivity contribution < 1.29 is 14.4 Å². The zero-order valence-corrected chi connectivity index (χ0v) is 8.27. The van der Waals surface area contributed by atoms with Gasteiger partial charge < -0.3 is 4.79 Å². The maximum atomic E-state index is 11.7. The van der Waals surface area contributed by atoms with Crippen molar-refractivity contribution in [3.05, 3.63) is 35.4 Å². The van der Waals surface area contributed by atoms with Gasteiger partial charge in [-0.2, -0.15) is 0 Å². The fourth-order valence-corrected chi connectivity index (χ4v) is 1.73. The largest absolute Gasteiger partial charge is 0.300 e. The predicted molar refractivity (Wildman–Crippen MR) is 52.6 cm³/mol. The van der Waals surface area contributed by atoms with Crippen LogP contribution in [0.15, 0.2) is 24.3 Å². The highest BCUT2D eigenvalue weighted by molar-refractivity contribution is 6.32. The van der Waals surface area contributed by atoms with Gasteiger partial charge in [-0.25, -0.2) is 4.42 Å². The molecule has 1 aromatic carbocycles. The van der Waals surface area contributed by atoms with Crippen LogP contribution in [0.25, 0.3) is 0 Å². The van der Waals surface area contributed by atoms with Crippen LogP contribution in [-0.2, 0) is 4.79 Å². The van der Waals surface area contributed by atoms with Gasteiger partial charge in [-0.15, -0.1) is 0 Å². The Kier molecular flexibility index (Phi) is 2.28. The van der Waals surface area contributed by atoms with Gasteiger partial charge in [0.2, 0.25) is 0 Å². The second kappa shape index (κ2) is 3.47. The first-order chi connectivity index (χ1) is 7.16. The van der Waals surface area contributed by atoms with E-state index in [0.717, 1.165) is 0 Å². The average molecular weight is 224 g/mol. The molecular weight excluding hydrogens is 218 g/mol. The minimum Gasteiger partial charge on any atom is -0.300 e.